The molecule has 0 spiro atoms. The first-order valence-corrected chi connectivity index (χ1v) is 7.94. The van der Waals surface area contributed by atoms with Gasteiger partial charge in [0.15, 0.2) is 5.16 Å². The van der Waals surface area contributed by atoms with E-state index in [1.807, 2.05) is 7.05 Å². The largest absolute Gasteiger partial charge is 0.312 e. The molecule has 2 rings (SSSR count). The third kappa shape index (κ3) is 4.27. The molecule has 0 aliphatic heterocycles. The Bertz CT molecular complexity index is 579. The predicted molar refractivity (Wildman–Crippen MR) is 78.8 cm³/mol. The van der Waals surface area contributed by atoms with E-state index in [0.717, 1.165) is 11.4 Å². The van der Waals surface area contributed by atoms with Gasteiger partial charge in [-0.1, -0.05) is 36.9 Å². The molecule has 0 unspecified atom stereocenters. The molecular weight excluding hydrogens is 296 g/mol. The predicted octanol–water partition coefficient (Wildman–Crippen LogP) is 1.60. The number of amides is 1. The normalized spacial score (nSPS) is 11.0. The molecule has 2 aromatic heterocycles. The summed E-state index contributed by atoms with van der Waals surface area (Å²) in [7, 11) is 1.84. The van der Waals surface area contributed by atoms with E-state index in [1.54, 1.807) is 10.9 Å². The van der Waals surface area contributed by atoms with Gasteiger partial charge in [0.05, 0.1) is 5.75 Å². The van der Waals surface area contributed by atoms with Crippen molar-refractivity contribution in [1.82, 2.24) is 25.0 Å². The molecule has 2 aromatic rings. The van der Waals surface area contributed by atoms with Crippen molar-refractivity contribution in [2.45, 2.75) is 25.4 Å². The maximum absolute atomic E-state index is 11.8. The van der Waals surface area contributed by atoms with Crippen molar-refractivity contribution in [3.63, 3.8) is 0 Å². The summed E-state index contributed by atoms with van der Waals surface area (Å²) in [6.07, 6.45) is 2.48. The molecule has 1 amide bonds. The minimum Gasteiger partial charge on any atom is -0.312 e. The van der Waals surface area contributed by atoms with Crippen LogP contribution in [-0.4, -0.2) is 36.6 Å². The molecule has 0 aliphatic rings. The van der Waals surface area contributed by atoms with E-state index in [9.17, 15) is 4.79 Å². The third-order valence-electron chi connectivity index (χ3n) is 2.30. The monoisotopic (exact) mass is 312 g/mol. The van der Waals surface area contributed by atoms with Gasteiger partial charge in [0, 0.05) is 13.5 Å². The summed E-state index contributed by atoms with van der Waals surface area (Å²) in [6.45, 7) is 4.24. The number of nitrogens with one attached hydrogen (secondary N) is 1. The SMILES string of the molecule is CC(C)Cc1nnc(NC(=O)CSc2nncn2C)s1. The molecule has 0 bridgehead atoms. The molecular formula is C11H16N6OS2. The number of rotatable bonds is 6. The maximum atomic E-state index is 11.8. The van der Waals surface area contributed by atoms with Crippen LogP contribution in [0, 0.1) is 5.92 Å². The van der Waals surface area contributed by atoms with E-state index in [-0.39, 0.29) is 11.7 Å². The average molecular weight is 312 g/mol. The van der Waals surface area contributed by atoms with Gasteiger partial charge < -0.3 is 4.57 Å². The van der Waals surface area contributed by atoms with E-state index >= 15 is 0 Å². The Labute approximate surface area is 125 Å². The Hall–Kier alpha value is -1.48. The fourth-order valence-corrected chi connectivity index (χ4v) is 3.08. The van der Waals surface area contributed by atoms with Gasteiger partial charge in [0.1, 0.15) is 11.3 Å². The molecule has 0 aliphatic carbocycles. The zero-order chi connectivity index (χ0) is 14.5. The van der Waals surface area contributed by atoms with E-state index in [2.05, 4.69) is 39.6 Å². The highest BCUT2D eigenvalue weighted by Gasteiger charge is 2.11. The van der Waals surface area contributed by atoms with Crippen LogP contribution in [-0.2, 0) is 18.3 Å². The summed E-state index contributed by atoms with van der Waals surface area (Å²) >= 11 is 2.75. The smallest absolute Gasteiger partial charge is 0.236 e. The van der Waals surface area contributed by atoms with Crippen LogP contribution in [0.5, 0.6) is 0 Å². The fraction of sp³-hybridized carbons (Fsp3) is 0.545. The van der Waals surface area contributed by atoms with Crippen LogP contribution in [0.4, 0.5) is 5.13 Å². The fourth-order valence-electron chi connectivity index (χ4n) is 1.42. The van der Waals surface area contributed by atoms with Crippen LogP contribution in [0.3, 0.4) is 0 Å². The van der Waals surface area contributed by atoms with Crippen molar-refractivity contribution < 1.29 is 4.79 Å². The van der Waals surface area contributed by atoms with E-state index in [1.165, 1.54) is 23.1 Å². The lowest BCUT2D eigenvalue weighted by molar-refractivity contribution is -0.113. The molecule has 0 fully saturated rings. The van der Waals surface area contributed by atoms with Crippen molar-refractivity contribution in [3.8, 4) is 0 Å². The van der Waals surface area contributed by atoms with Crippen LogP contribution in [0.15, 0.2) is 11.5 Å². The minimum atomic E-state index is -0.120. The molecule has 0 atom stereocenters. The van der Waals surface area contributed by atoms with Crippen molar-refractivity contribution >= 4 is 34.1 Å². The lowest BCUT2D eigenvalue weighted by atomic mass is 10.1. The van der Waals surface area contributed by atoms with Crippen LogP contribution >= 0.6 is 23.1 Å². The Morgan fingerprint density at radius 3 is 2.90 bits per heavy atom. The number of aromatic nitrogens is 5. The Morgan fingerprint density at radius 2 is 2.25 bits per heavy atom. The number of carbonyl (C=O) groups excluding carboxylic acids is 1. The number of anilines is 1. The first-order chi connectivity index (χ1) is 9.54. The molecule has 7 nitrogen and oxygen atoms in total. The summed E-state index contributed by atoms with van der Waals surface area (Å²) in [6, 6.07) is 0. The highest BCUT2D eigenvalue weighted by atomic mass is 32.2. The quantitative estimate of drug-likeness (QED) is 0.815. The number of thioether (sulfide) groups is 1. The zero-order valence-corrected chi connectivity index (χ0v) is 13.2. The van der Waals surface area contributed by atoms with Gasteiger partial charge in [-0.2, -0.15) is 0 Å². The molecule has 1 N–H and O–H groups in total. The molecule has 0 radical (unpaired) electrons. The standard InChI is InChI=1S/C11H16N6OS2/c1-7(2)4-9-14-15-10(20-9)13-8(18)5-19-11-16-12-6-17(11)3/h6-7H,4-5H2,1-3H3,(H,13,15,18). The Kier molecular flexibility index (Phi) is 5.07. The molecule has 0 saturated carbocycles. The number of aryl methyl sites for hydroxylation is 1. The Morgan fingerprint density at radius 1 is 1.45 bits per heavy atom. The van der Waals surface area contributed by atoms with Crippen molar-refractivity contribution in [2.75, 3.05) is 11.1 Å². The van der Waals surface area contributed by atoms with Gasteiger partial charge in [0.25, 0.3) is 0 Å². The van der Waals surface area contributed by atoms with Crippen LogP contribution in [0.1, 0.15) is 18.9 Å². The second kappa shape index (κ2) is 6.80. The number of hydrogen-bond donors (Lipinski definition) is 1. The van der Waals surface area contributed by atoms with E-state index in [4.69, 9.17) is 0 Å². The van der Waals surface area contributed by atoms with Gasteiger partial charge >= 0.3 is 0 Å². The molecule has 2 heterocycles. The summed E-state index contributed by atoms with van der Waals surface area (Å²) in [5.41, 5.74) is 0. The van der Waals surface area contributed by atoms with Gasteiger partial charge in [0.2, 0.25) is 11.0 Å². The van der Waals surface area contributed by atoms with Crippen LogP contribution in [0.25, 0.3) is 0 Å². The second-order valence-corrected chi connectivity index (χ2v) is 6.66. The average Bonchev–Trinajstić information content (AvgIpc) is 2.96. The summed E-state index contributed by atoms with van der Waals surface area (Å²) in [4.78, 5) is 11.8. The molecule has 0 saturated heterocycles. The van der Waals surface area contributed by atoms with Crippen LogP contribution in [0.2, 0.25) is 0 Å². The van der Waals surface area contributed by atoms with Gasteiger partial charge in [-0.25, -0.2) is 0 Å². The number of hydrogen-bond acceptors (Lipinski definition) is 7. The van der Waals surface area contributed by atoms with Crippen molar-refractivity contribution in [1.29, 1.82) is 0 Å². The number of nitrogens with zero attached hydrogens (tertiary/aromatic N) is 5. The zero-order valence-electron chi connectivity index (χ0n) is 11.5. The third-order valence-corrected chi connectivity index (χ3v) is 4.19. The second-order valence-electron chi connectivity index (χ2n) is 4.66. The van der Waals surface area contributed by atoms with E-state index < -0.39 is 0 Å². The lowest BCUT2D eigenvalue weighted by Gasteiger charge is -2.00. The van der Waals surface area contributed by atoms with Crippen molar-refractivity contribution in [2.24, 2.45) is 13.0 Å². The Balaban J connectivity index is 1.82. The first kappa shape index (κ1) is 14.9. The molecule has 9 heteroatoms. The maximum Gasteiger partial charge on any atom is 0.236 e. The van der Waals surface area contributed by atoms with Gasteiger partial charge in [-0.15, -0.1) is 20.4 Å². The highest BCUT2D eigenvalue weighted by molar-refractivity contribution is 7.99. The van der Waals surface area contributed by atoms with Gasteiger partial charge in [-0.3, -0.25) is 10.1 Å². The van der Waals surface area contributed by atoms with Crippen molar-refractivity contribution in [3.05, 3.63) is 11.3 Å². The lowest BCUT2D eigenvalue weighted by Crippen LogP contribution is -2.14. The first-order valence-electron chi connectivity index (χ1n) is 6.13. The topological polar surface area (TPSA) is 85.6 Å². The van der Waals surface area contributed by atoms with Gasteiger partial charge in [-0.05, 0) is 5.92 Å². The summed E-state index contributed by atoms with van der Waals surface area (Å²) < 4.78 is 1.77. The highest BCUT2D eigenvalue weighted by Crippen LogP contribution is 2.19. The molecule has 20 heavy (non-hydrogen) atoms. The number of carbonyl (C=O) groups is 1. The summed E-state index contributed by atoms with van der Waals surface area (Å²) in [5, 5.41) is 20.6. The van der Waals surface area contributed by atoms with Crippen LogP contribution < -0.4 is 5.32 Å². The minimum absolute atomic E-state index is 0.120. The summed E-state index contributed by atoms with van der Waals surface area (Å²) in [5.74, 6) is 0.675. The molecule has 0 aromatic carbocycles. The molecule has 108 valence electrons. The van der Waals surface area contributed by atoms with E-state index in [0.29, 0.717) is 16.2 Å².